The molecule has 0 radical (unpaired) electrons. The van der Waals surface area contributed by atoms with Gasteiger partial charge in [0.25, 0.3) is 11.8 Å². The third kappa shape index (κ3) is 4.40. The molecule has 0 fully saturated rings. The van der Waals surface area contributed by atoms with E-state index in [0.717, 1.165) is 21.2 Å². The van der Waals surface area contributed by atoms with E-state index in [-0.39, 0.29) is 11.9 Å². The van der Waals surface area contributed by atoms with Crippen LogP contribution in [0, 0.1) is 0 Å². The van der Waals surface area contributed by atoms with Crippen molar-refractivity contribution in [3.63, 3.8) is 0 Å². The first-order valence-electron chi connectivity index (χ1n) is 9.52. The molecule has 0 aliphatic carbocycles. The van der Waals surface area contributed by atoms with Crippen LogP contribution in [-0.2, 0) is 6.42 Å². The van der Waals surface area contributed by atoms with Crippen molar-refractivity contribution in [1.29, 1.82) is 0 Å². The van der Waals surface area contributed by atoms with E-state index in [0.29, 0.717) is 16.9 Å². The molecular weight excluding hydrogens is 396 g/mol. The maximum Gasteiger partial charge on any atom is 0.284 e. The lowest BCUT2D eigenvalue weighted by Crippen LogP contribution is -2.30. The van der Waals surface area contributed by atoms with Gasteiger partial charge in [-0.05, 0) is 41.1 Å². The normalized spacial score (nSPS) is 11.8. The van der Waals surface area contributed by atoms with Gasteiger partial charge in [0.15, 0.2) is 0 Å². The van der Waals surface area contributed by atoms with Gasteiger partial charge in [-0.25, -0.2) is 5.48 Å². The van der Waals surface area contributed by atoms with Gasteiger partial charge in [-0.1, -0.05) is 66.7 Å². The van der Waals surface area contributed by atoms with Gasteiger partial charge in [-0.3, -0.25) is 14.8 Å². The summed E-state index contributed by atoms with van der Waals surface area (Å²) in [7, 11) is 0. The zero-order chi connectivity index (χ0) is 20.9. The van der Waals surface area contributed by atoms with Crippen molar-refractivity contribution in [2.45, 2.75) is 12.5 Å². The lowest BCUT2D eigenvalue weighted by Gasteiger charge is -2.19. The van der Waals surface area contributed by atoms with E-state index >= 15 is 0 Å². The molecule has 2 amide bonds. The molecular formula is C24H20N2O3S. The van der Waals surface area contributed by atoms with E-state index in [1.807, 2.05) is 66.7 Å². The fourth-order valence-electron chi connectivity index (χ4n) is 3.37. The first kappa shape index (κ1) is 19.8. The summed E-state index contributed by atoms with van der Waals surface area (Å²) < 4.78 is 0.806. The number of carbonyl (C=O) groups excluding carboxylic acids is 2. The Morgan fingerprint density at radius 1 is 0.867 bits per heavy atom. The smallest absolute Gasteiger partial charge is 0.284 e. The number of fused-ring (bicyclic) bond motifs is 1. The minimum absolute atomic E-state index is 0.170. The van der Waals surface area contributed by atoms with Gasteiger partial charge in [0.05, 0.1) is 10.9 Å². The lowest BCUT2D eigenvalue weighted by atomic mass is 9.98. The van der Waals surface area contributed by atoms with Crippen LogP contribution in [0.2, 0.25) is 0 Å². The number of amides is 2. The number of nitrogens with one attached hydrogen (secondary N) is 2. The Balaban J connectivity index is 1.59. The molecule has 4 rings (SSSR count). The monoisotopic (exact) mass is 416 g/mol. The van der Waals surface area contributed by atoms with E-state index in [4.69, 9.17) is 5.21 Å². The zero-order valence-corrected chi connectivity index (χ0v) is 16.9. The number of carbonyl (C=O) groups is 2. The number of hydrogen-bond acceptors (Lipinski definition) is 4. The van der Waals surface area contributed by atoms with Crippen molar-refractivity contribution < 1.29 is 14.8 Å². The van der Waals surface area contributed by atoms with Crippen LogP contribution in [0.25, 0.3) is 10.1 Å². The molecule has 1 aromatic heterocycles. The molecule has 5 nitrogen and oxygen atoms in total. The number of hydrogen-bond donors (Lipinski definition) is 3. The second-order valence-corrected chi connectivity index (χ2v) is 8.01. The minimum atomic E-state index is -0.561. The molecule has 30 heavy (non-hydrogen) atoms. The summed E-state index contributed by atoms with van der Waals surface area (Å²) in [4.78, 5) is 25.1. The Morgan fingerprint density at radius 2 is 1.57 bits per heavy atom. The highest BCUT2D eigenvalue weighted by Gasteiger charge is 2.17. The Morgan fingerprint density at radius 3 is 2.27 bits per heavy atom. The van der Waals surface area contributed by atoms with Crippen LogP contribution in [-0.4, -0.2) is 17.0 Å². The van der Waals surface area contributed by atoms with E-state index in [1.165, 1.54) is 11.3 Å². The molecule has 3 N–H and O–H groups in total. The Kier molecular flexibility index (Phi) is 5.88. The quantitative estimate of drug-likeness (QED) is 0.314. The largest absolute Gasteiger partial charge is 0.345 e. The molecule has 0 aliphatic heterocycles. The summed E-state index contributed by atoms with van der Waals surface area (Å²) in [5.41, 5.74) is 4.34. The van der Waals surface area contributed by atoms with Gasteiger partial charge in [0.1, 0.15) is 0 Å². The van der Waals surface area contributed by atoms with Crippen LogP contribution in [0.5, 0.6) is 0 Å². The summed E-state index contributed by atoms with van der Waals surface area (Å²) in [6.07, 6.45) is 0.679. The van der Waals surface area contributed by atoms with E-state index in [9.17, 15) is 9.59 Å². The third-order valence-electron chi connectivity index (χ3n) is 4.90. The molecule has 0 saturated carbocycles. The van der Waals surface area contributed by atoms with E-state index < -0.39 is 5.91 Å². The van der Waals surface area contributed by atoms with Crippen LogP contribution < -0.4 is 10.8 Å². The van der Waals surface area contributed by atoms with Crippen molar-refractivity contribution in [3.05, 3.63) is 106 Å². The van der Waals surface area contributed by atoms with Crippen molar-refractivity contribution in [1.82, 2.24) is 10.8 Å². The van der Waals surface area contributed by atoms with Crippen LogP contribution in [0.1, 0.15) is 37.2 Å². The fraction of sp³-hybridized carbons (Fsp3) is 0.0833. The van der Waals surface area contributed by atoms with Gasteiger partial charge in [-0.2, -0.15) is 0 Å². The SMILES string of the molecule is O=C(NC(Cc1ccccc1)c1ccccc1)c1ccc2cc(C(=O)NO)sc2c1. The van der Waals surface area contributed by atoms with Crippen molar-refractivity contribution in [2.24, 2.45) is 0 Å². The van der Waals surface area contributed by atoms with Gasteiger partial charge in [0, 0.05) is 10.3 Å². The molecule has 6 heteroatoms. The predicted molar refractivity (Wildman–Crippen MR) is 118 cm³/mol. The average molecular weight is 417 g/mol. The maximum absolute atomic E-state index is 13.0. The number of rotatable bonds is 6. The highest BCUT2D eigenvalue weighted by atomic mass is 32.1. The first-order chi connectivity index (χ1) is 14.6. The van der Waals surface area contributed by atoms with Crippen molar-refractivity contribution >= 4 is 33.2 Å². The molecule has 1 heterocycles. The summed E-state index contributed by atoms with van der Waals surface area (Å²) in [5, 5.41) is 12.8. The van der Waals surface area contributed by atoms with Crippen LogP contribution >= 0.6 is 11.3 Å². The maximum atomic E-state index is 13.0. The molecule has 0 spiro atoms. The highest BCUT2D eigenvalue weighted by molar-refractivity contribution is 7.20. The predicted octanol–water partition coefficient (Wildman–Crippen LogP) is 4.73. The molecule has 150 valence electrons. The molecule has 0 aliphatic rings. The van der Waals surface area contributed by atoms with Gasteiger partial charge in [-0.15, -0.1) is 11.3 Å². The van der Waals surface area contributed by atoms with Gasteiger partial charge >= 0.3 is 0 Å². The van der Waals surface area contributed by atoms with Crippen LogP contribution in [0.15, 0.2) is 84.9 Å². The van der Waals surface area contributed by atoms with Gasteiger partial charge in [0.2, 0.25) is 0 Å². The average Bonchev–Trinajstić information content (AvgIpc) is 3.23. The van der Waals surface area contributed by atoms with Crippen molar-refractivity contribution in [3.8, 4) is 0 Å². The topological polar surface area (TPSA) is 78.4 Å². The van der Waals surface area contributed by atoms with E-state index in [2.05, 4.69) is 5.32 Å². The Hall–Kier alpha value is -3.48. The molecule has 1 atom stereocenters. The third-order valence-corrected chi connectivity index (χ3v) is 5.99. The standard InChI is InChI=1S/C24H20N2O3S/c27-23(19-12-11-18-14-22(24(28)26-29)30-21(18)15-19)25-20(17-9-5-2-6-10-17)13-16-7-3-1-4-8-16/h1-12,14-15,20,29H,13H2,(H,25,27)(H,26,28). The lowest BCUT2D eigenvalue weighted by molar-refractivity contribution is 0.0711. The summed E-state index contributed by atoms with van der Waals surface area (Å²) in [5.74, 6) is -0.738. The summed E-state index contributed by atoms with van der Waals surface area (Å²) >= 11 is 1.23. The van der Waals surface area contributed by atoms with Crippen molar-refractivity contribution in [2.75, 3.05) is 0 Å². The number of benzene rings is 3. The molecule has 1 unspecified atom stereocenters. The molecule has 0 saturated heterocycles. The van der Waals surface area contributed by atoms with Gasteiger partial charge < -0.3 is 5.32 Å². The number of hydroxylamine groups is 1. The molecule has 3 aromatic carbocycles. The van der Waals surface area contributed by atoms with Crippen LogP contribution in [0.4, 0.5) is 0 Å². The summed E-state index contributed by atoms with van der Waals surface area (Å²) in [6, 6.07) is 26.8. The zero-order valence-electron chi connectivity index (χ0n) is 16.0. The Labute approximate surface area is 177 Å². The second kappa shape index (κ2) is 8.90. The minimum Gasteiger partial charge on any atom is -0.345 e. The fourth-order valence-corrected chi connectivity index (χ4v) is 4.36. The first-order valence-corrected chi connectivity index (χ1v) is 10.3. The van der Waals surface area contributed by atoms with E-state index in [1.54, 1.807) is 23.7 Å². The Bertz CT molecular complexity index is 1170. The number of thiophene rings is 1. The molecule has 0 bridgehead atoms. The molecule has 4 aromatic rings. The summed E-state index contributed by atoms with van der Waals surface area (Å²) in [6.45, 7) is 0. The van der Waals surface area contributed by atoms with Crippen LogP contribution in [0.3, 0.4) is 0 Å². The second-order valence-electron chi connectivity index (χ2n) is 6.93. The highest BCUT2D eigenvalue weighted by Crippen LogP contribution is 2.27.